The van der Waals surface area contributed by atoms with Gasteiger partial charge in [-0.2, -0.15) is 0 Å². The van der Waals surface area contributed by atoms with E-state index in [1.807, 2.05) is 36.0 Å². The van der Waals surface area contributed by atoms with Gasteiger partial charge in [-0.1, -0.05) is 38.1 Å². The summed E-state index contributed by atoms with van der Waals surface area (Å²) in [4.78, 5) is 1.23. The van der Waals surface area contributed by atoms with Crippen LogP contribution in [0.1, 0.15) is 13.8 Å². The van der Waals surface area contributed by atoms with Crippen molar-refractivity contribution in [3.63, 3.8) is 0 Å². The Morgan fingerprint density at radius 2 is 1.83 bits per heavy atom. The van der Waals surface area contributed by atoms with Gasteiger partial charge in [-0.3, -0.25) is 0 Å². The molecule has 0 aliphatic rings. The van der Waals surface area contributed by atoms with Crippen LogP contribution in [0.3, 0.4) is 0 Å². The first-order valence-corrected chi connectivity index (χ1v) is 7.24. The van der Waals surface area contributed by atoms with Crippen molar-refractivity contribution >= 4 is 22.5 Å². The maximum absolute atomic E-state index is 9.82. The predicted octanol–water partition coefficient (Wildman–Crippen LogP) is 3.64. The molecule has 0 fully saturated rings. The van der Waals surface area contributed by atoms with E-state index >= 15 is 0 Å². The van der Waals surface area contributed by atoms with Crippen LogP contribution in [0.25, 0.3) is 10.8 Å². The number of rotatable bonds is 5. The molecule has 96 valence electrons. The second-order valence-corrected chi connectivity index (χ2v) is 5.72. The summed E-state index contributed by atoms with van der Waals surface area (Å²) < 4.78 is 0. The van der Waals surface area contributed by atoms with Crippen LogP contribution in [0.5, 0.6) is 5.75 Å². The minimum atomic E-state index is 0.357. The topological polar surface area (TPSA) is 32.3 Å². The van der Waals surface area contributed by atoms with Gasteiger partial charge in [0.1, 0.15) is 5.75 Å². The van der Waals surface area contributed by atoms with Crippen LogP contribution >= 0.6 is 11.8 Å². The van der Waals surface area contributed by atoms with Gasteiger partial charge in [-0.15, -0.1) is 11.8 Å². The van der Waals surface area contributed by atoms with Gasteiger partial charge in [0.15, 0.2) is 0 Å². The summed E-state index contributed by atoms with van der Waals surface area (Å²) >= 11 is 1.83. The molecule has 2 aromatic rings. The average molecular weight is 261 g/mol. The second-order valence-electron chi connectivity index (χ2n) is 4.59. The zero-order chi connectivity index (χ0) is 13.0. The highest BCUT2D eigenvalue weighted by Gasteiger charge is 2.04. The standard InChI is InChI=1S/C15H19NOS/c1-11(2)16-9-10-18-15-8-7-14(17)12-5-3-4-6-13(12)15/h3-8,11,16-17H,9-10H2,1-2H3. The highest BCUT2D eigenvalue weighted by atomic mass is 32.2. The third-order valence-corrected chi connectivity index (χ3v) is 3.85. The monoisotopic (exact) mass is 261 g/mol. The van der Waals surface area contributed by atoms with E-state index in [-0.39, 0.29) is 0 Å². The van der Waals surface area contributed by atoms with Crippen molar-refractivity contribution < 1.29 is 5.11 Å². The number of hydrogen-bond acceptors (Lipinski definition) is 3. The fourth-order valence-electron chi connectivity index (χ4n) is 1.89. The van der Waals surface area contributed by atoms with Crippen molar-refractivity contribution in [1.82, 2.24) is 5.32 Å². The molecule has 0 heterocycles. The lowest BCUT2D eigenvalue weighted by Gasteiger charge is -2.10. The molecule has 0 atom stereocenters. The lowest BCUT2D eigenvalue weighted by Crippen LogP contribution is -2.24. The number of phenols is 1. The molecule has 0 aromatic heterocycles. The summed E-state index contributed by atoms with van der Waals surface area (Å²) in [5, 5.41) is 15.3. The number of fused-ring (bicyclic) bond motifs is 1. The second kappa shape index (κ2) is 6.12. The van der Waals surface area contributed by atoms with Gasteiger partial charge in [0.2, 0.25) is 0 Å². The molecule has 0 saturated carbocycles. The molecule has 0 spiro atoms. The molecule has 18 heavy (non-hydrogen) atoms. The van der Waals surface area contributed by atoms with Crippen LogP contribution < -0.4 is 5.32 Å². The number of aromatic hydroxyl groups is 1. The minimum Gasteiger partial charge on any atom is -0.507 e. The van der Waals surface area contributed by atoms with Crippen LogP contribution in [0.4, 0.5) is 0 Å². The van der Waals surface area contributed by atoms with Crippen LogP contribution in [-0.4, -0.2) is 23.4 Å². The normalized spacial score (nSPS) is 11.3. The Morgan fingerprint density at radius 3 is 2.56 bits per heavy atom. The fourth-order valence-corrected chi connectivity index (χ4v) is 2.83. The van der Waals surface area contributed by atoms with Crippen LogP contribution in [0.2, 0.25) is 0 Å². The first-order valence-electron chi connectivity index (χ1n) is 6.25. The van der Waals surface area contributed by atoms with Crippen molar-refractivity contribution in [3.8, 4) is 5.75 Å². The van der Waals surface area contributed by atoms with Gasteiger partial charge in [-0.25, -0.2) is 0 Å². The molecule has 0 bridgehead atoms. The summed E-state index contributed by atoms with van der Waals surface area (Å²) in [5.74, 6) is 1.39. The van der Waals surface area contributed by atoms with Crippen LogP contribution in [-0.2, 0) is 0 Å². The zero-order valence-electron chi connectivity index (χ0n) is 10.8. The average Bonchev–Trinajstić information content (AvgIpc) is 2.37. The molecule has 2 rings (SSSR count). The smallest absolute Gasteiger partial charge is 0.123 e. The predicted molar refractivity (Wildman–Crippen MR) is 79.5 cm³/mol. The highest BCUT2D eigenvalue weighted by molar-refractivity contribution is 7.99. The number of nitrogens with one attached hydrogen (secondary N) is 1. The maximum Gasteiger partial charge on any atom is 0.123 e. The molecule has 2 nitrogen and oxygen atoms in total. The Kier molecular flexibility index (Phi) is 4.50. The Morgan fingerprint density at radius 1 is 1.11 bits per heavy atom. The summed E-state index contributed by atoms with van der Waals surface area (Å²) in [6.07, 6.45) is 0. The van der Waals surface area contributed by atoms with E-state index in [1.54, 1.807) is 6.07 Å². The highest BCUT2D eigenvalue weighted by Crippen LogP contribution is 2.32. The molecular weight excluding hydrogens is 242 g/mol. The van der Waals surface area contributed by atoms with E-state index in [4.69, 9.17) is 0 Å². The SMILES string of the molecule is CC(C)NCCSc1ccc(O)c2ccccc12. The molecule has 2 aromatic carbocycles. The quantitative estimate of drug-likeness (QED) is 0.636. The van der Waals surface area contributed by atoms with Crippen molar-refractivity contribution in [2.45, 2.75) is 24.8 Å². The van der Waals surface area contributed by atoms with Crippen molar-refractivity contribution in [1.29, 1.82) is 0 Å². The molecule has 0 saturated heterocycles. The van der Waals surface area contributed by atoms with Gasteiger partial charge >= 0.3 is 0 Å². The molecule has 2 N–H and O–H groups in total. The van der Waals surface area contributed by atoms with Gasteiger partial charge in [0.25, 0.3) is 0 Å². The first kappa shape index (κ1) is 13.2. The maximum atomic E-state index is 9.82. The van der Waals surface area contributed by atoms with E-state index in [0.29, 0.717) is 11.8 Å². The fraction of sp³-hybridized carbons (Fsp3) is 0.333. The molecule has 3 heteroatoms. The van der Waals surface area contributed by atoms with E-state index < -0.39 is 0 Å². The Balaban J connectivity index is 2.11. The number of phenolic OH excluding ortho intramolecular Hbond substituents is 1. The molecule has 0 aliphatic carbocycles. The van der Waals surface area contributed by atoms with Gasteiger partial charge < -0.3 is 10.4 Å². The van der Waals surface area contributed by atoms with Crippen LogP contribution in [0.15, 0.2) is 41.3 Å². The summed E-state index contributed by atoms with van der Waals surface area (Å²) in [7, 11) is 0. The molecular formula is C15H19NOS. The van der Waals surface area contributed by atoms with Crippen molar-refractivity contribution in [3.05, 3.63) is 36.4 Å². The lowest BCUT2D eigenvalue weighted by molar-refractivity contribution is 0.481. The Labute approximate surface area is 112 Å². The molecule has 0 unspecified atom stereocenters. The van der Waals surface area contributed by atoms with Gasteiger partial charge in [0, 0.05) is 28.6 Å². The minimum absolute atomic E-state index is 0.357. The van der Waals surface area contributed by atoms with E-state index in [0.717, 1.165) is 23.1 Å². The van der Waals surface area contributed by atoms with Gasteiger partial charge in [0.05, 0.1) is 0 Å². The van der Waals surface area contributed by atoms with E-state index in [2.05, 4.69) is 25.2 Å². The van der Waals surface area contributed by atoms with E-state index in [9.17, 15) is 5.11 Å². The van der Waals surface area contributed by atoms with Gasteiger partial charge in [-0.05, 0) is 17.5 Å². The molecule has 0 radical (unpaired) electrons. The molecule has 0 aliphatic heterocycles. The van der Waals surface area contributed by atoms with Crippen molar-refractivity contribution in [2.75, 3.05) is 12.3 Å². The largest absolute Gasteiger partial charge is 0.507 e. The molecule has 0 amide bonds. The summed E-state index contributed by atoms with van der Waals surface area (Å²) in [6, 6.07) is 12.3. The van der Waals surface area contributed by atoms with E-state index in [1.165, 1.54) is 4.90 Å². The zero-order valence-corrected chi connectivity index (χ0v) is 11.6. The third-order valence-electron chi connectivity index (χ3n) is 2.77. The summed E-state index contributed by atoms with van der Waals surface area (Å²) in [5.41, 5.74) is 0. The first-order chi connectivity index (χ1) is 8.68. The Hall–Kier alpha value is -1.19. The number of thioether (sulfide) groups is 1. The Bertz CT molecular complexity index is 525. The van der Waals surface area contributed by atoms with Crippen LogP contribution in [0, 0.1) is 0 Å². The number of benzene rings is 2. The number of hydrogen-bond donors (Lipinski definition) is 2. The third kappa shape index (κ3) is 3.18. The lowest BCUT2D eigenvalue weighted by atomic mass is 10.1. The van der Waals surface area contributed by atoms with Crippen molar-refractivity contribution in [2.24, 2.45) is 0 Å². The summed E-state index contributed by atoms with van der Waals surface area (Å²) in [6.45, 7) is 5.30.